The predicted molar refractivity (Wildman–Crippen MR) is 55.2 cm³/mol. The minimum absolute atomic E-state index is 0.0327. The summed E-state index contributed by atoms with van der Waals surface area (Å²) in [7, 11) is 0. The number of benzene rings is 1. The van der Waals surface area contributed by atoms with E-state index < -0.39 is 30.2 Å². The topological polar surface area (TPSA) is 19.9 Å². The molecule has 0 fully saturated rings. The molecule has 0 bridgehead atoms. The second-order valence-corrected chi connectivity index (χ2v) is 4.15. The lowest BCUT2D eigenvalue weighted by atomic mass is 9.98. The number of halogens is 7. The van der Waals surface area contributed by atoms with E-state index >= 15 is 0 Å². The van der Waals surface area contributed by atoms with E-state index in [2.05, 4.69) is 0 Å². The molecule has 0 aliphatic heterocycles. The highest BCUT2D eigenvalue weighted by Gasteiger charge is 2.73. The molecule has 0 unspecified atom stereocenters. The van der Waals surface area contributed by atoms with Crippen molar-refractivity contribution >= 4 is 0 Å². The number of rotatable bonds is 5. The van der Waals surface area contributed by atoms with Gasteiger partial charge in [0.05, 0.1) is 6.61 Å². The van der Waals surface area contributed by atoms with Crippen LogP contribution in [-0.4, -0.2) is 18.7 Å². The molecular formula is C12H10F7O. The van der Waals surface area contributed by atoms with Gasteiger partial charge >= 0.3 is 18.0 Å². The van der Waals surface area contributed by atoms with Gasteiger partial charge in [0.15, 0.2) is 0 Å². The monoisotopic (exact) mass is 303 g/mol. The molecule has 20 heavy (non-hydrogen) atoms. The van der Waals surface area contributed by atoms with E-state index in [0.29, 0.717) is 12.1 Å². The summed E-state index contributed by atoms with van der Waals surface area (Å²) in [6.45, 7) is -0.501. The fourth-order valence-corrected chi connectivity index (χ4v) is 1.56. The summed E-state index contributed by atoms with van der Waals surface area (Å²) >= 11 is 0. The number of hydrogen-bond acceptors (Lipinski definition) is 0. The van der Waals surface area contributed by atoms with Crippen molar-refractivity contribution in [3.63, 3.8) is 0 Å². The summed E-state index contributed by atoms with van der Waals surface area (Å²) in [6, 6.07) is 3.30. The van der Waals surface area contributed by atoms with Gasteiger partial charge in [0, 0.05) is 5.56 Å². The van der Waals surface area contributed by atoms with Gasteiger partial charge < -0.3 is 0 Å². The van der Waals surface area contributed by atoms with E-state index in [4.69, 9.17) is 0 Å². The van der Waals surface area contributed by atoms with Crippen LogP contribution in [-0.2, 0) is 17.4 Å². The molecule has 0 heterocycles. The van der Waals surface area contributed by atoms with Crippen molar-refractivity contribution in [2.45, 2.75) is 30.9 Å². The van der Waals surface area contributed by atoms with Gasteiger partial charge in [-0.25, -0.2) is 5.11 Å². The lowest BCUT2D eigenvalue weighted by Gasteiger charge is -2.28. The van der Waals surface area contributed by atoms with E-state index in [-0.39, 0.29) is 18.4 Å². The number of aryl methyl sites for hydroxylation is 1. The first-order chi connectivity index (χ1) is 9.04. The third-order valence-electron chi connectivity index (χ3n) is 2.65. The van der Waals surface area contributed by atoms with Gasteiger partial charge in [0.25, 0.3) is 0 Å². The molecule has 0 saturated carbocycles. The lowest BCUT2D eigenvalue weighted by Crippen LogP contribution is -2.50. The molecule has 0 aliphatic rings. The van der Waals surface area contributed by atoms with E-state index in [9.17, 15) is 35.8 Å². The summed E-state index contributed by atoms with van der Waals surface area (Å²) in [5, 5.41) is 10.3. The normalized spacial score (nSPS) is 13.6. The number of alkyl halides is 7. The molecule has 0 amide bonds. The molecule has 1 rings (SSSR count). The lowest BCUT2D eigenvalue weighted by molar-refractivity contribution is -0.359. The fourth-order valence-electron chi connectivity index (χ4n) is 1.56. The highest BCUT2D eigenvalue weighted by atomic mass is 19.4. The predicted octanol–water partition coefficient (Wildman–Crippen LogP) is 4.34. The Hall–Kier alpha value is -1.31. The van der Waals surface area contributed by atoms with Gasteiger partial charge in [-0.05, 0) is 24.5 Å². The highest BCUT2D eigenvalue weighted by molar-refractivity contribution is 5.29. The summed E-state index contributed by atoms with van der Waals surface area (Å²) in [5.41, 5.74) is -1.32. The quantitative estimate of drug-likeness (QED) is 0.721. The van der Waals surface area contributed by atoms with E-state index in [1.807, 2.05) is 0 Å². The number of hydrogen-bond donors (Lipinski definition) is 0. The van der Waals surface area contributed by atoms with Crippen molar-refractivity contribution < 1.29 is 35.8 Å². The maximum absolute atomic E-state index is 13.4. The maximum atomic E-state index is 13.4. The third kappa shape index (κ3) is 3.05. The van der Waals surface area contributed by atoms with Crippen LogP contribution in [0.2, 0.25) is 0 Å². The van der Waals surface area contributed by atoms with Crippen LogP contribution < -0.4 is 0 Å². The molecule has 1 aromatic carbocycles. The molecular weight excluding hydrogens is 293 g/mol. The van der Waals surface area contributed by atoms with Crippen molar-refractivity contribution in [1.29, 1.82) is 0 Å². The van der Waals surface area contributed by atoms with E-state index in [0.717, 1.165) is 6.07 Å². The minimum atomic E-state index is -6.36. The first-order valence-electron chi connectivity index (χ1n) is 5.54. The van der Waals surface area contributed by atoms with Gasteiger partial charge in [0.2, 0.25) is 0 Å². The molecule has 0 aliphatic carbocycles. The Labute approximate surface area is 110 Å². The van der Waals surface area contributed by atoms with Crippen LogP contribution in [0.25, 0.3) is 0 Å². The first-order valence-corrected chi connectivity index (χ1v) is 5.54. The second kappa shape index (κ2) is 5.59. The van der Waals surface area contributed by atoms with Crippen LogP contribution in [0, 0.1) is 0 Å². The Bertz CT molecular complexity index is 453. The Balaban J connectivity index is 3.15. The SMILES string of the molecule is [O]CCCc1cccc(C(F)(F)C(F)(F)C(F)(F)F)c1. The molecule has 0 atom stereocenters. The molecule has 1 nitrogen and oxygen atoms in total. The van der Waals surface area contributed by atoms with Crippen molar-refractivity contribution in [1.82, 2.24) is 0 Å². The zero-order valence-corrected chi connectivity index (χ0v) is 9.98. The van der Waals surface area contributed by atoms with Crippen molar-refractivity contribution in [2.24, 2.45) is 0 Å². The molecule has 0 aromatic heterocycles. The fraction of sp³-hybridized carbons (Fsp3) is 0.500. The van der Waals surface area contributed by atoms with Gasteiger partial charge in [-0.3, -0.25) is 0 Å². The van der Waals surface area contributed by atoms with E-state index in [1.165, 1.54) is 6.07 Å². The Morgan fingerprint density at radius 1 is 0.950 bits per heavy atom. The molecule has 1 radical (unpaired) electrons. The highest BCUT2D eigenvalue weighted by Crippen LogP contribution is 2.51. The van der Waals surface area contributed by atoms with Crippen LogP contribution in [0.3, 0.4) is 0 Å². The summed E-state index contributed by atoms with van der Waals surface area (Å²) < 4.78 is 88.6. The van der Waals surface area contributed by atoms with Crippen molar-refractivity contribution in [3.8, 4) is 0 Å². The second-order valence-electron chi connectivity index (χ2n) is 4.15. The molecule has 113 valence electrons. The van der Waals surface area contributed by atoms with Crippen LogP contribution >= 0.6 is 0 Å². The first kappa shape index (κ1) is 16.7. The smallest absolute Gasteiger partial charge is 0.237 e. The standard InChI is InChI=1S/C12H10F7O/c13-10(14,11(15,16)12(17,18)19)9-5-1-3-8(7-9)4-2-6-20/h1,3,5,7H,2,4,6H2. The Morgan fingerprint density at radius 3 is 2.05 bits per heavy atom. The summed E-state index contributed by atoms with van der Waals surface area (Å²) in [5.74, 6) is -11.5. The van der Waals surface area contributed by atoms with Crippen molar-refractivity contribution in [3.05, 3.63) is 35.4 Å². The third-order valence-corrected chi connectivity index (χ3v) is 2.65. The molecule has 8 heteroatoms. The molecule has 0 spiro atoms. The summed E-state index contributed by atoms with van der Waals surface area (Å²) in [6.07, 6.45) is -6.25. The minimum Gasteiger partial charge on any atom is -0.237 e. The van der Waals surface area contributed by atoms with Crippen LogP contribution in [0.15, 0.2) is 24.3 Å². The van der Waals surface area contributed by atoms with Gasteiger partial charge in [0.1, 0.15) is 0 Å². The van der Waals surface area contributed by atoms with Gasteiger partial charge in [-0.2, -0.15) is 30.7 Å². The summed E-state index contributed by atoms with van der Waals surface area (Å²) in [4.78, 5) is 0. The van der Waals surface area contributed by atoms with Crippen LogP contribution in [0.1, 0.15) is 17.5 Å². The average molecular weight is 303 g/mol. The van der Waals surface area contributed by atoms with Crippen molar-refractivity contribution in [2.75, 3.05) is 6.61 Å². The Morgan fingerprint density at radius 2 is 1.55 bits per heavy atom. The zero-order valence-electron chi connectivity index (χ0n) is 9.98. The maximum Gasteiger partial charge on any atom is 0.460 e. The van der Waals surface area contributed by atoms with Gasteiger partial charge in [-0.15, -0.1) is 0 Å². The van der Waals surface area contributed by atoms with Crippen LogP contribution in [0.5, 0.6) is 0 Å². The molecule has 0 saturated heterocycles. The molecule has 0 N–H and O–H groups in total. The molecule has 1 aromatic rings. The van der Waals surface area contributed by atoms with Gasteiger partial charge in [-0.1, -0.05) is 18.2 Å². The largest absolute Gasteiger partial charge is 0.460 e. The zero-order chi connectivity index (χ0) is 15.6. The average Bonchev–Trinajstić information content (AvgIpc) is 2.35. The van der Waals surface area contributed by atoms with E-state index in [1.54, 1.807) is 0 Å². The van der Waals surface area contributed by atoms with Crippen LogP contribution in [0.4, 0.5) is 30.7 Å². The Kier molecular flexibility index (Phi) is 4.68.